The molecule has 8 nitrogen and oxygen atoms in total. The van der Waals surface area contributed by atoms with Crippen LogP contribution in [0.25, 0.3) is 21.7 Å². The van der Waals surface area contributed by atoms with Crippen LogP contribution in [0.2, 0.25) is 0 Å². The Morgan fingerprint density at radius 1 is 1.29 bits per heavy atom. The molecule has 0 saturated carbocycles. The minimum atomic E-state index is -3.59. The second kappa shape index (κ2) is 7.77. The lowest BCUT2D eigenvalue weighted by atomic mass is 9.93. The van der Waals surface area contributed by atoms with Crippen LogP contribution in [-0.2, 0) is 10.0 Å². The molecule has 0 aliphatic carbocycles. The minimum absolute atomic E-state index is 0.0535. The van der Waals surface area contributed by atoms with Gasteiger partial charge in [0.1, 0.15) is 9.86 Å². The fourth-order valence-corrected chi connectivity index (χ4v) is 7.12. The van der Waals surface area contributed by atoms with Crippen LogP contribution in [0.5, 0.6) is 0 Å². The highest BCUT2D eigenvalue weighted by molar-refractivity contribution is 7.91. The van der Waals surface area contributed by atoms with E-state index in [9.17, 15) is 8.42 Å². The summed E-state index contributed by atoms with van der Waals surface area (Å²) >= 11 is 1.21. The molecule has 1 fully saturated rings. The fraction of sp³-hybridized carbons (Fsp3) is 0.333. The molecular formula is C21H23N5O3S2. The van der Waals surface area contributed by atoms with E-state index in [1.54, 1.807) is 28.8 Å². The third-order valence-corrected chi connectivity index (χ3v) is 9.48. The van der Waals surface area contributed by atoms with Crippen LogP contribution in [0.3, 0.4) is 0 Å². The zero-order chi connectivity index (χ0) is 21.6. The number of hydrogen-bond acceptors (Lipinski definition) is 7. The van der Waals surface area contributed by atoms with Crippen LogP contribution < -0.4 is 4.90 Å². The van der Waals surface area contributed by atoms with Crippen molar-refractivity contribution in [2.75, 3.05) is 25.0 Å². The molecule has 31 heavy (non-hydrogen) atoms. The Balaban J connectivity index is 1.42. The molecule has 10 heteroatoms. The number of anilines is 1. The number of H-pyrrole nitrogens is 1. The molecule has 5 rings (SSSR count). The van der Waals surface area contributed by atoms with Gasteiger partial charge >= 0.3 is 0 Å². The van der Waals surface area contributed by atoms with Crippen LogP contribution in [0.1, 0.15) is 13.3 Å². The van der Waals surface area contributed by atoms with Crippen molar-refractivity contribution in [2.24, 2.45) is 5.92 Å². The number of aromatic nitrogens is 3. The Bertz CT molecular complexity index is 1300. The Labute approximate surface area is 184 Å². The van der Waals surface area contributed by atoms with Crippen molar-refractivity contribution >= 4 is 38.1 Å². The number of piperidine rings is 1. The van der Waals surface area contributed by atoms with Gasteiger partial charge in [-0.2, -0.15) is 4.31 Å². The van der Waals surface area contributed by atoms with Crippen molar-refractivity contribution in [3.8, 4) is 10.6 Å². The zero-order valence-corrected chi connectivity index (χ0v) is 18.9. The van der Waals surface area contributed by atoms with Gasteiger partial charge in [0.05, 0.1) is 11.1 Å². The molecule has 5 heterocycles. The Hall–Kier alpha value is -2.69. The van der Waals surface area contributed by atoms with Crippen molar-refractivity contribution in [1.82, 2.24) is 19.3 Å². The van der Waals surface area contributed by atoms with Crippen LogP contribution in [-0.4, -0.2) is 53.9 Å². The number of oxazole rings is 1. The summed E-state index contributed by atoms with van der Waals surface area (Å²) in [5.74, 6) is 0.927. The lowest BCUT2D eigenvalue weighted by molar-refractivity contribution is 0.248. The molecule has 0 bridgehead atoms. The third-order valence-electron chi connectivity index (χ3n) is 6.05. The Kier molecular flexibility index (Phi) is 5.07. The van der Waals surface area contributed by atoms with E-state index in [0.29, 0.717) is 29.0 Å². The second-order valence-corrected chi connectivity index (χ2v) is 11.1. The minimum Gasteiger partial charge on any atom is -0.443 e. The molecule has 4 aromatic rings. The van der Waals surface area contributed by atoms with Gasteiger partial charge in [-0.3, -0.25) is 0 Å². The lowest BCUT2D eigenvalue weighted by Crippen LogP contribution is -2.52. The predicted molar refractivity (Wildman–Crippen MR) is 121 cm³/mol. The van der Waals surface area contributed by atoms with Gasteiger partial charge in [0, 0.05) is 49.6 Å². The summed E-state index contributed by atoms with van der Waals surface area (Å²) in [6, 6.07) is 7.47. The number of rotatable bonds is 5. The molecule has 0 spiro atoms. The highest BCUT2D eigenvalue weighted by Crippen LogP contribution is 2.35. The van der Waals surface area contributed by atoms with Crippen molar-refractivity contribution in [3.63, 3.8) is 0 Å². The van der Waals surface area contributed by atoms with E-state index in [1.807, 2.05) is 25.4 Å². The molecule has 162 valence electrons. The van der Waals surface area contributed by atoms with Crippen LogP contribution in [0, 0.1) is 5.92 Å². The predicted octanol–water partition coefficient (Wildman–Crippen LogP) is 3.81. The standard InChI is InChI=1S/C21H23N5O3S2/c1-14-7-10-26(31(27,28)20-4-3-19(30-20)18-11-22-13-29-18)12-17(14)25(2)16-6-9-24-21-15(16)5-8-23-21/h3-6,8-9,11,13-14,17H,7,10,12H2,1-2H3,(H,23,24)/t14-,17?/m1/s1. The second-order valence-electron chi connectivity index (χ2n) is 7.86. The van der Waals surface area contributed by atoms with E-state index in [1.165, 1.54) is 17.7 Å². The van der Waals surface area contributed by atoms with E-state index in [2.05, 4.69) is 26.8 Å². The maximum Gasteiger partial charge on any atom is 0.252 e. The monoisotopic (exact) mass is 457 g/mol. The molecule has 1 saturated heterocycles. The average molecular weight is 458 g/mol. The zero-order valence-electron chi connectivity index (χ0n) is 17.2. The molecular weight excluding hydrogens is 434 g/mol. The first-order chi connectivity index (χ1) is 14.9. The highest BCUT2D eigenvalue weighted by atomic mass is 32.2. The van der Waals surface area contributed by atoms with E-state index in [4.69, 9.17) is 4.42 Å². The van der Waals surface area contributed by atoms with Crippen LogP contribution >= 0.6 is 11.3 Å². The van der Waals surface area contributed by atoms with Crippen molar-refractivity contribution in [2.45, 2.75) is 23.6 Å². The van der Waals surface area contributed by atoms with Gasteiger partial charge in [-0.15, -0.1) is 11.3 Å². The number of sulfonamides is 1. The maximum absolute atomic E-state index is 13.4. The number of likely N-dealkylation sites (N-methyl/N-ethyl adjacent to an activating group) is 1. The number of aromatic amines is 1. The summed E-state index contributed by atoms with van der Waals surface area (Å²) < 4.78 is 34.1. The van der Waals surface area contributed by atoms with Gasteiger partial charge < -0.3 is 14.3 Å². The molecule has 1 unspecified atom stereocenters. The summed E-state index contributed by atoms with van der Waals surface area (Å²) in [5.41, 5.74) is 1.88. The summed E-state index contributed by atoms with van der Waals surface area (Å²) in [5, 5.41) is 1.03. The Morgan fingerprint density at radius 2 is 2.16 bits per heavy atom. The SMILES string of the molecule is C[C@@H]1CCN(S(=O)(=O)c2ccc(-c3cnco3)s2)CC1N(C)c1ccnc2[nH]ccc12. The van der Waals surface area contributed by atoms with Gasteiger partial charge in [0.15, 0.2) is 12.2 Å². The molecule has 0 amide bonds. The lowest BCUT2D eigenvalue weighted by Gasteiger charge is -2.42. The first-order valence-corrected chi connectivity index (χ1v) is 12.3. The molecule has 1 N–H and O–H groups in total. The highest BCUT2D eigenvalue weighted by Gasteiger charge is 2.37. The molecule has 4 aromatic heterocycles. The third kappa shape index (κ3) is 3.54. The number of fused-ring (bicyclic) bond motifs is 1. The van der Waals surface area contributed by atoms with Crippen molar-refractivity contribution < 1.29 is 12.8 Å². The van der Waals surface area contributed by atoms with E-state index in [0.717, 1.165) is 28.0 Å². The van der Waals surface area contributed by atoms with Gasteiger partial charge in [-0.05, 0) is 36.6 Å². The summed E-state index contributed by atoms with van der Waals surface area (Å²) in [6.45, 7) is 3.14. The number of thiophene rings is 1. The quantitative estimate of drug-likeness (QED) is 0.490. The topological polar surface area (TPSA) is 95.3 Å². The first-order valence-electron chi connectivity index (χ1n) is 10.1. The van der Waals surface area contributed by atoms with Crippen LogP contribution in [0.15, 0.2) is 57.9 Å². The average Bonchev–Trinajstić information content (AvgIpc) is 3.54. The van der Waals surface area contributed by atoms with Gasteiger partial charge in [-0.1, -0.05) is 6.92 Å². The van der Waals surface area contributed by atoms with E-state index >= 15 is 0 Å². The van der Waals surface area contributed by atoms with E-state index < -0.39 is 10.0 Å². The smallest absolute Gasteiger partial charge is 0.252 e. The Morgan fingerprint density at radius 3 is 2.97 bits per heavy atom. The summed E-state index contributed by atoms with van der Waals surface area (Å²) in [6.07, 6.45) is 7.39. The van der Waals surface area contributed by atoms with Crippen molar-refractivity contribution in [1.29, 1.82) is 0 Å². The number of hydrogen-bond donors (Lipinski definition) is 1. The first kappa shape index (κ1) is 20.2. The summed E-state index contributed by atoms with van der Waals surface area (Å²) in [4.78, 5) is 14.4. The molecule has 1 aliphatic heterocycles. The van der Waals surface area contributed by atoms with E-state index in [-0.39, 0.29) is 6.04 Å². The largest absolute Gasteiger partial charge is 0.443 e. The van der Waals surface area contributed by atoms with Crippen molar-refractivity contribution in [3.05, 3.63) is 49.2 Å². The van der Waals surface area contributed by atoms with Gasteiger partial charge in [0.25, 0.3) is 10.0 Å². The molecule has 0 radical (unpaired) electrons. The molecule has 2 atom stereocenters. The summed E-state index contributed by atoms with van der Waals surface area (Å²) in [7, 11) is -1.56. The number of nitrogens with zero attached hydrogens (tertiary/aromatic N) is 4. The van der Waals surface area contributed by atoms with Gasteiger partial charge in [0.2, 0.25) is 0 Å². The maximum atomic E-state index is 13.4. The molecule has 1 aliphatic rings. The van der Waals surface area contributed by atoms with Gasteiger partial charge in [-0.25, -0.2) is 18.4 Å². The van der Waals surface area contributed by atoms with Crippen LogP contribution in [0.4, 0.5) is 5.69 Å². The number of nitrogens with one attached hydrogen (secondary N) is 1. The fourth-order valence-electron chi connectivity index (χ4n) is 4.23. The normalized spacial score (nSPS) is 20.3. The molecule has 0 aromatic carbocycles. The number of pyridine rings is 1.